The highest BCUT2D eigenvalue weighted by atomic mass is 16.6. The van der Waals surface area contributed by atoms with E-state index < -0.39 is 12.1 Å². The average Bonchev–Trinajstić information content (AvgIpc) is 2.72. The zero-order valence-corrected chi connectivity index (χ0v) is 11.8. The van der Waals surface area contributed by atoms with E-state index in [1.165, 1.54) is 4.90 Å². The van der Waals surface area contributed by atoms with Crippen LogP contribution in [0.4, 0.5) is 10.5 Å². The molecule has 1 N–H and O–H groups in total. The van der Waals surface area contributed by atoms with E-state index in [1.807, 2.05) is 13.8 Å². The molecule has 2 rings (SSSR count). The van der Waals surface area contributed by atoms with Crippen molar-refractivity contribution in [2.75, 3.05) is 19.0 Å². The van der Waals surface area contributed by atoms with Crippen molar-refractivity contribution in [2.45, 2.75) is 26.0 Å². The molecule has 6 heteroatoms. The molecule has 0 aliphatic carbocycles. The number of hydrogen-bond acceptors (Lipinski definition) is 4. The van der Waals surface area contributed by atoms with Crippen molar-refractivity contribution in [2.24, 2.45) is 0 Å². The highest BCUT2D eigenvalue weighted by Gasteiger charge is 2.35. The number of likely N-dealkylation sites (N-methyl/N-ethyl adjacent to an activating group) is 1. The number of anilines is 1. The first kappa shape index (κ1) is 14.2. The van der Waals surface area contributed by atoms with Gasteiger partial charge in [-0.3, -0.25) is 9.69 Å². The Hall–Kier alpha value is -2.24. The van der Waals surface area contributed by atoms with Gasteiger partial charge in [-0.15, -0.1) is 0 Å². The minimum Gasteiger partial charge on any atom is -0.491 e. The summed E-state index contributed by atoms with van der Waals surface area (Å²) >= 11 is 0. The Morgan fingerprint density at radius 1 is 1.40 bits per heavy atom. The van der Waals surface area contributed by atoms with Crippen LogP contribution in [0.5, 0.6) is 5.75 Å². The first-order valence-corrected chi connectivity index (χ1v) is 6.44. The molecule has 1 aliphatic rings. The van der Waals surface area contributed by atoms with Crippen molar-refractivity contribution in [3.63, 3.8) is 0 Å². The molecule has 1 unspecified atom stereocenters. The van der Waals surface area contributed by atoms with E-state index in [9.17, 15) is 9.59 Å². The minimum atomic E-state index is -0.589. The summed E-state index contributed by atoms with van der Waals surface area (Å²) in [5.41, 5.74) is 0.652. The zero-order valence-electron chi connectivity index (χ0n) is 11.8. The van der Waals surface area contributed by atoms with Crippen molar-refractivity contribution in [3.05, 3.63) is 24.3 Å². The Bertz CT molecular complexity index is 498. The quantitative estimate of drug-likeness (QED) is 0.913. The first-order valence-electron chi connectivity index (χ1n) is 6.44. The number of ether oxygens (including phenoxy) is 2. The molecular formula is C14H18N2O4. The van der Waals surface area contributed by atoms with Crippen LogP contribution in [0.1, 0.15) is 13.8 Å². The van der Waals surface area contributed by atoms with Crippen molar-refractivity contribution < 1.29 is 19.1 Å². The van der Waals surface area contributed by atoms with Crippen LogP contribution in [0.3, 0.4) is 0 Å². The van der Waals surface area contributed by atoms with Crippen molar-refractivity contribution in [1.82, 2.24) is 4.90 Å². The van der Waals surface area contributed by atoms with Gasteiger partial charge in [-0.1, -0.05) is 0 Å². The van der Waals surface area contributed by atoms with Gasteiger partial charge in [-0.2, -0.15) is 0 Å². The van der Waals surface area contributed by atoms with E-state index in [-0.39, 0.29) is 18.6 Å². The molecule has 0 radical (unpaired) electrons. The number of nitrogens with one attached hydrogen (secondary N) is 1. The molecule has 0 bridgehead atoms. The number of carbonyl (C=O) groups excluding carboxylic acids is 2. The lowest BCUT2D eigenvalue weighted by molar-refractivity contribution is -0.119. The fourth-order valence-electron chi connectivity index (χ4n) is 1.86. The van der Waals surface area contributed by atoms with Gasteiger partial charge in [0.2, 0.25) is 0 Å². The topological polar surface area (TPSA) is 67.9 Å². The molecule has 6 nitrogen and oxygen atoms in total. The van der Waals surface area contributed by atoms with E-state index in [0.29, 0.717) is 5.69 Å². The van der Waals surface area contributed by atoms with Gasteiger partial charge in [0.15, 0.2) is 0 Å². The van der Waals surface area contributed by atoms with Gasteiger partial charge in [0, 0.05) is 12.7 Å². The molecule has 108 valence electrons. The van der Waals surface area contributed by atoms with E-state index in [2.05, 4.69) is 5.32 Å². The molecular weight excluding hydrogens is 260 g/mol. The van der Waals surface area contributed by atoms with E-state index in [0.717, 1.165) is 5.75 Å². The Morgan fingerprint density at radius 2 is 2.05 bits per heavy atom. The third-order valence-electron chi connectivity index (χ3n) is 2.92. The number of hydrogen-bond donors (Lipinski definition) is 1. The van der Waals surface area contributed by atoms with Crippen LogP contribution in [0.25, 0.3) is 0 Å². The van der Waals surface area contributed by atoms with Crippen LogP contribution in [-0.4, -0.2) is 42.7 Å². The Morgan fingerprint density at radius 3 is 2.55 bits per heavy atom. The van der Waals surface area contributed by atoms with E-state index >= 15 is 0 Å². The van der Waals surface area contributed by atoms with E-state index in [1.54, 1.807) is 31.3 Å². The maximum atomic E-state index is 12.0. The normalized spacial score (nSPS) is 18.1. The van der Waals surface area contributed by atoms with Gasteiger partial charge in [0.1, 0.15) is 18.4 Å². The summed E-state index contributed by atoms with van der Waals surface area (Å²) in [6.45, 7) is 3.97. The lowest BCUT2D eigenvalue weighted by Crippen LogP contribution is -2.40. The fraction of sp³-hybridized carbons (Fsp3) is 0.429. The molecule has 1 aliphatic heterocycles. The lowest BCUT2D eigenvalue weighted by Gasteiger charge is -2.16. The van der Waals surface area contributed by atoms with Crippen LogP contribution in [0, 0.1) is 0 Å². The second-order valence-electron chi connectivity index (χ2n) is 4.88. The lowest BCUT2D eigenvalue weighted by atomic mass is 10.2. The second kappa shape index (κ2) is 5.81. The van der Waals surface area contributed by atoms with Crippen LogP contribution in [0.2, 0.25) is 0 Å². The van der Waals surface area contributed by atoms with Crippen molar-refractivity contribution in [3.8, 4) is 5.75 Å². The highest BCUT2D eigenvalue weighted by Crippen LogP contribution is 2.18. The number of nitrogens with zero attached hydrogens (tertiary/aromatic N) is 1. The zero-order chi connectivity index (χ0) is 14.7. The van der Waals surface area contributed by atoms with Gasteiger partial charge in [0.25, 0.3) is 5.91 Å². The fourth-order valence-corrected chi connectivity index (χ4v) is 1.86. The molecule has 2 amide bonds. The van der Waals surface area contributed by atoms with Crippen LogP contribution < -0.4 is 10.1 Å². The minimum absolute atomic E-state index is 0.0791. The van der Waals surface area contributed by atoms with Crippen LogP contribution >= 0.6 is 0 Å². The number of amides is 2. The van der Waals surface area contributed by atoms with Crippen molar-refractivity contribution >= 4 is 17.7 Å². The number of carbonyl (C=O) groups is 2. The van der Waals surface area contributed by atoms with Gasteiger partial charge in [-0.05, 0) is 38.1 Å². The Balaban J connectivity index is 1.96. The summed E-state index contributed by atoms with van der Waals surface area (Å²) in [5.74, 6) is 0.477. The predicted octanol–water partition coefficient (Wildman–Crippen LogP) is 1.86. The monoisotopic (exact) mass is 278 g/mol. The highest BCUT2D eigenvalue weighted by molar-refractivity contribution is 5.97. The van der Waals surface area contributed by atoms with E-state index in [4.69, 9.17) is 9.47 Å². The maximum Gasteiger partial charge on any atom is 0.410 e. The van der Waals surface area contributed by atoms with Crippen LogP contribution in [-0.2, 0) is 9.53 Å². The SMILES string of the molecule is CC(C)Oc1ccc(NC(=O)C2COC(=O)N2C)cc1. The van der Waals surface area contributed by atoms with Gasteiger partial charge in [0.05, 0.1) is 6.10 Å². The third-order valence-corrected chi connectivity index (χ3v) is 2.92. The smallest absolute Gasteiger partial charge is 0.410 e. The molecule has 1 atom stereocenters. The third kappa shape index (κ3) is 3.20. The summed E-state index contributed by atoms with van der Waals surface area (Å²) in [5, 5.41) is 2.75. The Kier molecular flexibility index (Phi) is 4.12. The second-order valence-corrected chi connectivity index (χ2v) is 4.88. The molecule has 0 aromatic heterocycles. The maximum absolute atomic E-state index is 12.0. The Labute approximate surface area is 117 Å². The molecule has 0 spiro atoms. The number of benzene rings is 1. The largest absolute Gasteiger partial charge is 0.491 e. The first-order chi connectivity index (χ1) is 9.47. The summed E-state index contributed by atoms with van der Waals surface area (Å²) < 4.78 is 10.3. The molecule has 1 aromatic rings. The average molecular weight is 278 g/mol. The molecule has 1 heterocycles. The van der Waals surface area contributed by atoms with Gasteiger partial charge in [-0.25, -0.2) is 4.79 Å². The number of cyclic esters (lactones) is 1. The van der Waals surface area contributed by atoms with Gasteiger partial charge >= 0.3 is 6.09 Å². The number of rotatable bonds is 4. The van der Waals surface area contributed by atoms with Gasteiger partial charge < -0.3 is 14.8 Å². The standard InChI is InChI=1S/C14H18N2O4/c1-9(2)20-11-6-4-10(5-7-11)15-13(17)12-8-19-14(18)16(12)3/h4-7,9,12H,8H2,1-3H3,(H,15,17). The molecule has 1 saturated heterocycles. The summed E-state index contributed by atoms with van der Waals surface area (Å²) in [4.78, 5) is 24.5. The van der Waals surface area contributed by atoms with Crippen LogP contribution in [0.15, 0.2) is 24.3 Å². The summed E-state index contributed by atoms with van der Waals surface area (Å²) in [6.07, 6.45) is -0.378. The molecule has 1 aromatic carbocycles. The summed E-state index contributed by atoms with van der Waals surface area (Å²) in [6, 6.07) is 6.50. The molecule has 0 saturated carbocycles. The predicted molar refractivity (Wildman–Crippen MR) is 73.7 cm³/mol. The van der Waals surface area contributed by atoms with Crippen molar-refractivity contribution in [1.29, 1.82) is 0 Å². The molecule has 20 heavy (non-hydrogen) atoms. The molecule has 1 fully saturated rings. The summed E-state index contributed by atoms with van der Waals surface area (Å²) in [7, 11) is 1.54.